The summed E-state index contributed by atoms with van der Waals surface area (Å²) in [5.41, 5.74) is 1.73. The summed E-state index contributed by atoms with van der Waals surface area (Å²) in [5, 5.41) is 0. The number of rotatable bonds is 5. The van der Waals surface area contributed by atoms with E-state index in [4.69, 9.17) is 4.42 Å². The molecule has 21 heavy (non-hydrogen) atoms. The Bertz CT molecular complexity index is 677. The van der Waals surface area contributed by atoms with Gasteiger partial charge < -0.3 is 4.42 Å². The third-order valence-electron chi connectivity index (χ3n) is 3.64. The molecule has 2 heterocycles. The lowest BCUT2D eigenvalue weighted by Gasteiger charge is -2.21. The first-order valence-corrected chi connectivity index (χ1v) is 7.05. The summed E-state index contributed by atoms with van der Waals surface area (Å²) in [5.74, 6) is 1.60. The van der Waals surface area contributed by atoms with Crippen LogP contribution >= 0.6 is 0 Å². The van der Waals surface area contributed by atoms with Gasteiger partial charge >= 0.3 is 0 Å². The second-order valence-electron chi connectivity index (χ2n) is 5.09. The van der Waals surface area contributed by atoms with Gasteiger partial charge in [-0.1, -0.05) is 12.1 Å². The van der Waals surface area contributed by atoms with Gasteiger partial charge in [-0.05, 0) is 32.2 Å². The molecule has 0 aliphatic carbocycles. The molecule has 0 N–H and O–H groups in total. The molecule has 5 nitrogen and oxygen atoms in total. The van der Waals surface area contributed by atoms with E-state index in [9.17, 15) is 0 Å². The molecule has 0 amide bonds. The highest BCUT2D eigenvalue weighted by molar-refractivity contribution is 5.72. The molecule has 0 aliphatic rings. The Balaban J connectivity index is 1.67. The van der Waals surface area contributed by atoms with Gasteiger partial charge in [-0.15, -0.1) is 0 Å². The van der Waals surface area contributed by atoms with Crippen LogP contribution in [-0.4, -0.2) is 33.4 Å². The topological polar surface area (TPSA) is 55.1 Å². The number of nitrogens with zero attached hydrogens (tertiary/aromatic N) is 4. The summed E-state index contributed by atoms with van der Waals surface area (Å²) in [6.45, 7) is 2.94. The number of para-hydroxylation sites is 2. The first-order valence-electron chi connectivity index (χ1n) is 7.05. The lowest BCUT2D eigenvalue weighted by atomic mass is 10.2. The van der Waals surface area contributed by atoms with Crippen molar-refractivity contribution in [3.8, 4) is 0 Å². The van der Waals surface area contributed by atoms with Gasteiger partial charge in [0.05, 0.1) is 6.04 Å². The minimum absolute atomic E-state index is 0.112. The number of hydrogen-bond acceptors (Lipinski definition) is 5. The molecule has 0 aliphatic heterocycles. The maximum atomic E-state index is 5.82. The van der Waals surface area contributed by atoms with E-state index in [1.165, 1.54) is 0 Å². The van der Waals surface area contributed by atoms with Crippen molar-refractivity contribution in [2.24, 2.45) is 0 Å². The molecule has 108 valence electrons. The van der Waals surface area contributed by atoms with Crippen molar-refractivity contribution in [3.63, 3.8) is 0 Å². The van der Waals surface area contributed by atoms with Crippen LogP contribution in [0.5, 0.6) is 0 Å². The van der Waals surface area contributed by atoms with Crippen molar-refractivity contribution in [2.45, 2.75) is 19.4 Å². The maximum Gasteiger partial charge on any atom is 0.212 e. The van der Waals surface area contributed by atoms with Crippen LogP contribution < -0.4 is 0 Å². The van der Waals surface area contributed by atoms with E-state index in [1.54, 1.807) is 12.4 Å². The van der Waals surface area contributed by atoms with Crippen LogP contribution in [0.4, 0.5) is 0 Å². The molecule has 0 radical (unpaired) electrons. The van der Waals surface area contributed by atoms with E-state index in [0.717, 1.165) is 35.8 Å². The van der Waals surface area contributed by atoms with Crippen molar-refractivity contribution in [3.05, 3.63) is 54.4 Å². The fourth-order valence-electron chi connectivity index (χ4n) is 2.19. The molecule has 5 heteroatoms. The van der Waals surface area contributed by atoms with E-state index in [0.29, 0.717) is 0 Å². The van der Waals surface area contributed by atoms with E-state index in [-0.39, 0.29) is 6.04 Å². The highest BCUT2D eigenvalue weighted by atomic mass is 16.3. The minimum atomic E-state index is 0.112. The first-order chi connectivity index (χ1) is 10.2. The van der Waals surface area contributed by atoms with Gasteiger partial charge in [0.15, 0.2) is 5.58 Å². The second-order valence-corrected chi connectivity index (χ2v) is 5.09. The summed E-state index contributed by atoms with van der Waals surface area (Å²) in [6.07, 6.45) is 4.35. The fourth-order valence-corrected chi connectivity index (χ4v) is 2.19. The summed E-state index contributed by atoms with van der Waals surface area (Å²) >= 11 is 0. The van der Waals surface area contributed by atoms with Gasteiger partial charge in [-0.2, -0.15) is 0 Å². The predicted molar refractivity (Wildman–Crippen MR) is 80.8 cm³/mol. The van der Waals surface area contributed by atoms with E-state index in [1.807, 2.05) is 30.3 Å². The Labute approximate surface area is 123 Å². The molecule has 1 unspecified atom stereocenters. The zero-order valence-corrected chi connectivity index (χ0v) is 12.2. The molecule has 2 aromatic heterocycles. The molecule has 0 saturated heterocycles. The first kappa shape index (κ1) is 13.7. The number of aromatic nitrogens is 3. The smallest absolute Gasteiger partial charge is 0.212 e. The molecule has 1 aromatic carbocycles. The summed E-state index contributed by atoms with van der Waals surface area (Å²) in [6, 6.07) is 9.77. The van der Waals surface area contributed by atoms with Crippen molar-refractivity contribution < 1.29 is 4.42 Å². The zero-order valence-electron chi connectivity index (χ0n) is 12.2. The third-order valence-corrected chi connectivity index (χ3v) is 3.64. The fraction of sp³-hybridized carbons (Fsp3) is 0.312. The van der Waals surface area contributed by atoms with Crippen molar-refractivity contribution >= 4 is 11.1 Å². The predicted octanol–water partition coefficient (Wildman–Crippen LogP) is 2.85. The van der Waals surface area contributed by atoms with Crippen LogP contribution in [0.3, 0.4) is 0 Å². The molecule has 0 fully saturated rings. The van der Waals surface area contributed by atoms with Gasteiger partial charge in [0.1, 0.15) is 11.3 Å². The Morgan fingerprint density at radius 1 is 1.14 bits per heavy atom. The largest absolute Gasteiger partial charge is 0.439 e. The van der Waals surface area contributed by atoms with Crippen molar-refractivity contribution in [1.29, 1.82) is 0 Å². The van der Waals surface area contributed by atoms with Crippen LogP contribution in [-0.2, 0) is 6.42 Å². The van der Waals surface area contributed by atoms with Gasteiger partial charge in [0.25, 0.3) is 0 Å². The van der Waals surface area contributed by atoms with E-state index in [2.05, 4.69) is 33.8 Å². The molecule has 0 spiro atoms. The molecular formula is C16H18N4O. The van der Waals surface area contributed by atoms with Gasteiger partial charge in [0.2, 0.25) is 5.89 Å². The van der Waals surface area contributed by atoms with Crippen LogP contribution in [0, 0.1) is 0 Å². The second kappa shape index (κ2) is 6.01. The van der Waals surface area contributed by atoms with Crippen LogP contribution in [0.25, 0.3) is 11.1 Å². The van der Waals surface area contributed by atoms with Crippen molar-refractivity contribution in [1.82, 2.24) is 19.9 Å². The van der Waals surface area contributed by atoms with Gasteiger partial charge in [-0.3, -0.25) is 4.90 Å². The van der Waals surface area contributed by atoms with Crippen LogP contribution in [0.1, 0.15) is 24.7 Å². The zero-order chi connectivity index (χ0) is 14.7. The molecule has 0 saturated carbocycles. The average Bonchev–Trinajstić information content (AvgIpc) is 2.97. The Morgan fingerprint density at radius 2 is 1.90 bits per heavy atom. The van der Waals surface area contributed by atoms with E-state index < -0.39 is 0 Å². The highest BCUT2D eigenvalue weighted by Crippen LogP contribution is 2.23. The SMILES string of the molecule is CC(c1nc2ccccc2o1)N(C)CCc1ncccn1. The Kier molecular flexibility index (Phi) is 3.92. The van der Waals surface area contributed by atoms with Gasteiger partial charge in [-0.25, -0.2) is 15.0 Å². The minimum Gasteiger partial charge on any atom is -0.439 e. The number of likely N-dealkylation sites (N-methyl/N-ethyl adjacent to an activating group) is 1. The third kappa shape index (κ3) is 3.08. The van der Waals surface area contributed by atoms with Crippen LogP contribution in [0.15, 0.2) is 47.1 Å². The molecular weight excluding hydrogens is 264 g/mol. The lowest BCUT2D eigenvalue weighted by molar-refractivity contribution is 0.229. The number of fused-ring (bicyclic) bond motifs is 1. The molecule has 3 aromatic rings. The summed E-state index contributed by atoms with van der Waals surface area (Å²) in [4.78, 5) is 15.2. The van der Waals surface area contributed by atoms with Gasteiger partial charge in [0, 0.05) is 25.4 Å². The number of benzene rings is 1. The summed E-state index contributed by atoms with van der Waals surface area (Å²) in [7, 11) is 2.06. The standard InChI is InChI=1S/C16H18N4O/c1-12(16-19-13-6-3-4-7-14(13)21-16)20(2)11-8-15-17-9-5-10-18-15/h3-7,9-10,12H,8,11H2,1-2H3. The Hall–Kier alpha value is -2.27. The molecule has 1 atom stereocenters. The quantitative estimate of drug-likeness (QED) is 0.720. The highest BCUT2D eigenvalue weighted by Gasteiger charge is 2.17. The Morgan fingerprint density at radius 3 is 2.67 bits per heavy atom. The van der Waals surface area contributed by atoms with Crippen molar-refractivity contribution in [2.75, 3.05) is 13.6 Å². The van der Waals surface area contributed by atoms with E-state index >= 15 is 0 Å². The van der Waals surface area contributed by atoms with Crippen LogP contribution in [0.2, 0.25) is 0 Å². The lowest BCUT2D eigenvalue weighted by Crippen LogP contribution is -2.25. The molecule has 0 bridgehead atoms. The average molecular weight is 282 g/mol. The molecule has 3 rings (SSSR count). The number of oxazole rings is 1. The maximum absolute atomic E-state index is 5.82. The monoisotopic (exact) mass is 282 g/mol. The summed E-state index contributed by atoms with van der Waals surface area (Å²) < 4.78 is 5.82. The number of hydrogen-bond donors (Lipinski definition) is 0. The normalized spacial score (nSPS) is 12.9.